The maximum Gasteiger partial charge on any atom is 0.343 e. The van der Waals surface area contributed by atoms with Crippen LogP contribution in [0.15, 0.2) is 30.3 Å². The number of quaternary nitrogens is 1. The standard InChI is InChI=1S/C22H34NO3.BrH/c1-3-4-15-23(2)16-14-20(17-23)26-21(24)22(25,19-12-8-9-13-19)18-10-6-5-7-11-18;/h5-7,10-11,19-20,25H,3-4,8-9,12-17H2,1-2H3;1H/q+1;/p-1. The highest BCUT2D eigenvalue weighted by molar-refractivity contribution is 5.81. The monoisotopic (exact) mass is 439 g/mol. The topological polar surface area (TPSA) is 46.5 Å². The van der Waals surface area contributed by atoms with E-state index < -0.39 is 11.6 Å². The van der Waals surface area contributed by atoms with Crippen LogP contribution in [0.3, 0.4) is 0 Å². The highest BCUT2D eigenvalue weighted by Crippen LogP contribution is 2.42. The van der Waals surface area contributed by atoms with Gasteiger partial charge in [0.15, 0.2) is 11.7 Å². The predicted octanol–water partition coefficient (Wildman–Crippen LogP) is 0.631. The van der Waals surface area contributed by atoms with E-state index in [0.717, 1.165) is 56.2 Å². The van der Waals surface area contributed by atoms with Crippen LogP contribution in [0.25, 0.3) is 0 Å². The van der Waals surface area contributed by atoms with Gasteiger partial charge in [-0.25, -0.2) is 4.79 Å². The van der Waals surface area contributed by atoms with Crippen molar-refractivity contribution in [1.82, 2.24) is 0 Å². The van der Waals surface area contributed by atoms with Crippen molar-refractivity contribution in [1.29, 1.82) is 0 Å². The Balaban J connectivity index is 0.00000261. The molecule has 4 nitrogen and oxygen atoms in total. The van der Waals surface area contributed by atoms with Gasteiger partial charge >= 0.3 is 5.97 Å². The van der Waals surface area contributed by atoms with Crippen molar-refractivity contribution >= 4 is 5.97 Å². The predicted molar refractivity (Wildman–Crippen MR) is 102 cm³/mol. The molecule has 1 aliphatic carbocycles. The van der Waals surface area contributed by atoms with Crippen molar-refractivity contribution in [2.24, 2.45) is 5.92 Å². The van der Waals surface area contributed by atoms with Crippen LogP contribution in [-0.2, 0) is 15.1 Å². The third-order valence-electron chi connectivity index (χ3n) is 6.43. The number of rotatable bonds is 7. The molecule has 2 aliphatic rings. The summed E-state index contributed by atoms with van der Waals surface area (Å²) in [5.41, 5.74) is -0.828. The summed E-state index contributed by atoms with van der Waals surface area (Å²) in [5.74, 6) is -0.482. The quantitative estimate of drug-likeness (QED) is 0.500. The van der Waals surface area contributed by atoms with Gasteiger partial charge in [0.05, 0.1) is 20.1 Å². The Bertz CT molecular complexity index is 605. The number of ether oxygens (including phenoxy) is 1. The molecule has 3 unspecified atom stereocenters. The number of carbonyl (C=O) groups is 1. The number of likely N-dealkylation sites (N-methyl/N-ethyl adjacent to an activating group) is 1. The van der Waals surface area contributed by atoms with Gasteiger partial charge in [0.2, 0.25) is 0 Å². The zero-order valence-electron chi connectivity index (χ0n) is 16.7. The number of carbonyl (C=O) groups excluding carboxylic acids is 1. The summed E-state index contributed by atoms with van der Waals surface area (Å²) >= 11 is 0. The molecule has 1 aromatic carbocycles. The number of unbranched alkanes of at least 4 members (excludes halogenated alkanes) is 1. The molecule has 1 saturated heterocycles. The number of aliphatic hydroxyl groups is 1. The maximum atomic E-state index is 13.2. The lowest BCUT2D eigenvalue weighted by Gasteiger charge is -2.33. The fourth-order valence-corrected chi connectivity index (χ4v) is 4.77. The number of likely N-dealkylation sites (tertiary alicyclic amines) is 1. The lowest BCUT2D eigenvalue weighted by Crippen LogP contribution is -3.00. The summed E-state index contributed by atoms with van der Waals surface area (Å²) in [5, 5.41) is 11.5. The highest BCUT2D eigenvalue weighted by atomic mass is 79.9. The summed E-state index contributed by atoms with van der Waals surface area (Å²) in [6.07, 6.45) is 7.11. The van der Waals surface area contributed by atoms with Crippen molar-refractivity contribution < 1.29 is 36.1 Å². The number of esters is 1. The van der Waals surface area contributed by atoms with Crippen LogP contribution in [0, 0.1) is 5.92 Å². The molecule has 0 bridgehead atoms. The van der Waals surface area contributed by atoms with Crippen LogP contribution in [0.5, 0.6) is 0 Å². The zero-order chi connectivity index (χ0) is 18.6. The van der Waals surface area contributed by atoms with E-state index >= 15 is 0 Å². The molecule has 1 aliphatic heterocycles. The van der Waals surface area contributed by atoms with Crippen molar-refractivity contribution in [3.8, 4) is 0 Å². The second-order valence-electron chi connectivity index (χ2n) is 8.53. The van der Waals surface area contributed by atoms with Crippen molar-refractivity contribution in [2.45, 2.75) is 63.6 Å². The van der Waals surface area contributed by atoms with Gasteiger partial charge in [-0.3, -0.25) is 0 Å². The maximum absolute atomic E-state index is 13.2. The fraction of sp³-hybridized carbons (Fsp3) is 0.682. The van der Waals surface area contributed by atoms with Gasteiger partial charge in [0.1, 0.15) is 6.54 Å². The van der Waals surface area contributed by atoms with Crippen LogP contribution in [0.2, 0.25) is 0 Å². The van der Waals surface area contributed by atoms with E-state index in [9.17, 15) is 9.90 Å². The van der Waals surface area contributed by atoms with Gasteiger partial charge in [-0.15, -0.1) is 0 Å². The Morgan fingerprint density at radius 1 is 1.22 bits per heavy atom. The molecule has 0 spiro atoms. The third-order valence-corrected chi connectivity index (χ3v) is 6.43. The molecule has 0 radical (unpaired) electrons. The Kier molecular flexibility index (Phi) is 7.90. The SMILES string of the molecule is CCCC[N+]1(C)CCC(OC(=O)C(O)(c2ccccc2)C2CCCC2)C1.[Br-]. The number of hydrogen-bond donors (Lipinski definition) is 1. The first-order valence-electron chi connectivity index (χ1n) is 10.3. The third kappa shape index (κ3) is 4.93. The van der Waals surface area contributed by atoms with Crippen LogP contribution < -0.4 is 17.0 Å². The lowest BCUT2D eigenvalue weighted by molar-refractivity contribution is -0.899. The van der Waals surface area contributed by atoms with E-state index in [1.807, 2.05) is 30.3 Å². The summed E-state index contributed by atoms with van der Waals surface area (Å²) in [6, 6.07) is 9.40. The molecule has 27 heavy (non-hydrogen) atoms. The van der Waals surface area contributed by atoms with Gasteiger partial charge in [0, 0.05) is 12.3 Å². The summed E-state index contributed by atoms with van der Waals surface area (Å²) < 4.78 is 6.89. The highest BCUT2D eigenvalue weighted by Gasteiger charge is 2.49. The first-order chi connectivity index (χ1) is 12.5. The van der Waals surface area contributed by atoms with E-state index in [1.54, 1.807) is 0 Å². The Morgan fingerprint density at radius 3 is 2.52 bits per heavy atom. The molecule has 1 saturated carbocycles. The Labute approximate surface area is 174 Å². The van der Waals surface area contributed by atoms with Crippen LogP contribution in [0.4, 0.5) is 0 Å². The van der Waals surface area contributed by atoms with Crippen LogP contribution in [0.1, 0.15) is 57.4 Å². The van der Waals surface area contributed by atoms with E-state index in [4.69, 9.17) is 4.74 Å². The largest absolute Gasteiger partial charge is 1.00 e. The fourth-order valence-electron chi connectivity index (χ4n) is 4.77. The van der Waals surface area contributed by atoms with E-state index in [-0.39, 0.29) is 29.0 Å². The molecular formula is C22H34BrNO3. The molecule has 2 fully saturated rings. The smallest absolute Gasteiger partial charge is 0.343 e. The average Bonchev–Trinajstić information content (AvgIpc) is 3.31. The van der Waals surface area contributed by atoms with Crippen LogP contribution in [-0.4, -0.2) is 48.3 Å². The lowest BCUT2D eigenvalue weighted by atomic mass is 9.80. The second-order valence-corrected chi connectivity index (χ2v) is 8.53. The normalized spacial score (nSPS) is 27.7. The van der Waals surface area contributed by atoms with E-state index in [0.29, 0.717) is 5.56 Å². The van der Waals surface area contributed by atoms with Gasteiger partial charge < -0.3 is 31.3 Å². The molecule has 152 valence electrons. The minimum atomic E-state index is -1.51. The van der Waals surface area contributed by atoms with Crippen molar-refractivity contribution in [3.05, 3.63) is 35.9 Å². The zero-order valence-corrected chi connectivity index (χ0v) is 18.3. The number of halogens is 1. The Hall–Kier alpha value is -0.910. The van der Waals surface area contributed by atoms with Gasteiger partial charge in [0.25, 0.3) is 0 Å². The van der Waals surface area contributed by atoms with Gasteiger partial charge in [-0.05, 0) is 24.8 Å². The number of hydrogen-bond acceptors (Lipinski definition) is 3. The number of nitrogens with zero attached hydrogens (tertiary/aromatic N) is 1. The van der Waals surface area contributed by atoms with Crippen LogP contribution >= 0.6 is 0 Å². The van der Waals surface area contributed by atoms with Gasteiger partial charge in [-0.1, -0.05) is 56.5 Å². The molecule has 0 amide bonds. The molecule has 1 N–H and O–H groups in total. The molecule has 0 aromatic heterocycles. The molecule has 3 rings (SSSR count). The molecule has 1 heterocycles. The summed E-state index contributed by atoms with van der Waals surface area (Å²) in [4.78, 5) is 13.2. The Morgan fingerprint density at radius 2 is 1.89 bits per heavy atom. The molecule has 3 atom stereocenters. The van der Waals surface area contributed by atoms with Crippen molar-refractivity contribution in [2.75, 3.05) is 26.7 Å². The summed E-state index contributed by atoms with van der Waals surface area (Å²) in [7, 11) is 2.25. The van der Waals surface area contributed by atoms with E-state index in [2.05, 4.69) is 14.0 Å². The number of benzene rings is 1. The van der Waals surface area contributed by atoms with Crippen molar-refractivity contribution in [3.63, 3.8) is 0 Å². The molecule has 1 aromatic rings. The first kappa shape index (κ1) is 22.4. The minimum Gasteiger partial charge on any atom is -1.00 e. The second kappa shape index (κ2) is 9.53. The minimum absolute atomic E-state index is 0. The molecular weight excluding hydrogens is 406 g/mol. The van der Waals surface area contributed by atoms with Gasteiger partial charge in [-0.2, -0.15) is 0 Å². The first-order valence-corrected chi connectivity index (χ1v) is 10.3. The average molecular weight is 440 g/mol. The van der Waals surface area contributed by atoms with E-state index in [1.165, 1.54) is 12.8 Å². The molecule has 5 heteroatoms. The summed E-state index contributed by atoms with van der Waals surface area (Å²) in [6.45, 7) is 5.25.